The summed E-state index contributed by atoms with van der Waals surface area (Å²) in [4.78, 5) is 29.4. The average molecular weight is 334 g/mol. The first-order valence-electron chi connectivity index (χ1n) is 9.63. The highest BCUT2D eigenvalue weighted by molar-refractivity contribution is 5.85. The van der Waals surface area contributed by atoms with Gasteiger partial charge in [-0.1, -0.05) is 12.8 Å². The van der Waals surface area contributed by atoms with E-state index in [9.17, 15) is 9.59 Å². The van der Waals surface area contributed by atoms with Crippen molar-refractivity contribution in [3.8, 4) is 0 Å². The lowest BCUT2D eigenvalue weighted by Gasteiger charge is -2.38. The van der Waals surface area contributed by atoms with E-state index < -0.39 is 0 Å². The van der Waals surface area contributed by atoms with Gasteiger partial charge in [0.15, 0.2) is 0 Å². The van der Waals surface area contributed by atoms with E-state index in [4.69, 9.17) is 5.73 Å². The van der Waals surface area contributed by atoms with Crippen molar-refractivity contribution < 1.29 is 9.59 Å². The minimum Gasteiger partial charge on any atom is -0.369 e. The number of carbonyl (C=O) groups is 2. The highest BCUT2D eigenvalue weighted by Gasteiger charge is 2.57. The highest BCUT2D eigenvalue weighted by Crippen LogP contribution is 2.43. The van der Waals surface area contributed by atoms with Crippen molar-refractivity contribution in [1.29, 1.82) is 0 Å². The van der Waals surface area contributed by atoms with E-state index >= 15 is 0 Å². The minimum atomic E-state index is -0.234. The van der Waals surface area contributed by atoms with Gasteiger partial charge in [0.05, 0.1) is 5.41 Å². The first-order chi connectivity index (χ1) is 11.6. The van der Waals surface area contributed by atoms with E-state index in [0.29, 0.717) is 31.0 Å². The van der Waals surface area contributed by atoms with Crippen molar-refractivity contribution >= 4 is 11.8 Å². The van der Waals surface area contributed by atoms with Crippen molar-refractivity contribution in [3.05, 3.63) is 0 Å². The van der Waals surface area contributed by atoms with Gasteiger partial charge in [0, 0.05) is 57.1 Å². The number of rotatable bonds is 3. The predicted molar refractivity (Wildman–Crippen MR) is 91.1 cm³/mol. The third-order valence-corrected chi connectivity index (χ3v) is 7.00. The SMILES string of the molecule is NC(=O)C1CCN(C(=O)[C@@]23CNC[C@@H]2CN(C2CCCC2)C3)CC1. The molecule has 1 aliphatic carbocycles. The first kappa shape index (κ1) is 16.3. The van der Waals surface area contributed by atoms with E-state index in [2.05, 4.69) is 10.2 Å². The van der Waals surface area contributed by atoms with Crippen LogP contribution in [0.2, 0.25) is 0 Å². The molecule has 3 aliphatic heterocycles. The van der Waals surface area contributed by atoms with Gasteiger partial charge in [0.1, 0.15) is 0 Å². The van der Waals surface area contributed by atoms with Crippen LogP contribution in [0.3, 0.4) is 0 Å². The Balaban J connectivity index is 1.45. The molecule has 0 radical (unpaired) electrons. The third kappa shape index (κ3) is 2.64. The minimum absolute atomic E-state index is 0.0531. The second kappa shape index (κ2) is 6.30. The summed E-state index contributed by atoms with van der Waals surface area (Å²) in [6.45, 7) is 5.14. The van der Waals surface area contributed by atoms with E-state index in [1.807, 2.05) is 4.90 Å². The summed E-state index contributed by atoms with van der Waals surface area (Å²) in [5.41, 5.74) is 5.19. The number of nitrogens with two attached hydrogens (primary N) is 1. The van der Waals surface area contributed by atoms with Crippen LogP contribution < -0.4 is 11.1 Å². The van der Waals surface area contributed by atoms with Crippen LogP contribution in [0.4, 0.5) is 0 Å². The molecule has 0 unspecified atom stereocenters. The summed E-state index contributed by atoms with van der Waals surface area (Å²) < 4.78 is 0. The fraction of sp³-hybridized carbons (Fsp3) is 0.889. The Kier molecular flexibility index (Phi) is 4.29. The second-order valence-corrected chi connectivity index (χ2v) is 8.32. The number of piperidine rings is 1. The topological polar surface area (TPSA) is 78.7 Å². The van der Waals surface area contributed by atoms with Crippen molar-refractivity contribution in [1.82, 2.24) is 15.1 Å². The van der Waals surface area contributed by atoms with Crippen molar-refractivity contribution in [2.45, 2.75) is 44.6 Å². The van der Waals surface area contributed by atoms with Gasteiger partial charge in [0.2, 0.25) is 11.8 Å². The van der Waals surface area contributed by atoms with Gasteiger partial charge in [-0.25, -0.2) is 0 Å². The molecule has 6 nitrogen and oxygen atoms in total. The average Bonchev–Trinajstić information content (AvgIpc) is 3.29. The van der Waals surface area contributed by atoms with E-state index in [-0.39, 0.29) is 17.2 Å². The highest BCUT2D eigenvalue weighted by atomic mass is 16.2. The third-order valence-electron chi connectivity index (χ3n) is 7.00. The monoisotopic (exact) mass is 334 g/mol. The first-order valence-corrected chi connectivity index (χ1v) is 9.63. The summed E-state index contributed by atoms with van der Waals surface area (Å²) >= 11 is 0. The number of fused-ring (bicyclic) bond motifs is 1. The molecule has 24 heavy (non-hydrogen) atoms. The fourth-order valence-electron chi connectivity index (χ4n) is 5.49. The number of carbonyl (C=O) groups excluding carboxylic acids is 2. The summed E-state index contributed by atoms with van der Waals surface area (Å²) in [5, 5.41) is 3.47. The Hall–Kier alpha value is -1.14. The van der Waals surface area contributed by atoms with E-state index in [1.54, 1.807) is 0 Å². The molecule has 0 aromatic rings. The maximum Gasteiger partial charge on any atom is 0.231 e. The molecule has 0 aromatic heterocycles. The quantitative estimate of drug-likeness (QED) is 0.771. The molecule has 3 N–H and O–H groups in total. The Morgan fingerprint density at radius 3 is 2.46 bits per heavy atom. The number of hydrogen-bond donors (Lipinski definition) is 2. The molecule has 0 spiro atoms. The van der Waals surface area contributed by atoms with Gasteiger partial charge >= 0.3 is 0 Å². The number of likely N-dealkylation sites (tertiary alicyclic amines) is 2. The predicted octanol–water partition coefficient (Wildman–Crippen LogP) is 0.174. The molecular weight excluding hydrogens is 304 g/mol. The summed E-state index contributed by atoms with van der Waals surface area (Å²) in [7, 11) is 0. The summed E-state index contributed by atoms with van der Waals surface area (Å²) in [6.07, 6.45) is 6.73. The second-order valence-electron chi connectivity index (χ2n) is 8.32. The van der Waals surface area contributed by atoms with Crippen LogP contribution in [0.15, 0.2) is 0 Å². The Morgan fingerprint density at radius 1 is 1.08 bits per heavy atom. The molecule has 4 rings (SSSR count). The van der Waals surface area contributed by atoms with Crippen LogP contribution in [-0.2, 0) is 9.59 Å². The van der Waals surface area contributed by atoms with Gasteiger partial charge < -0.3 is 16.0 Å². The zero-order valence-electron chi connectivity index (χ0n) is 14.5. The lowest BCUT2D eigenvalue weighted by atomic mass is 9.79. The molecule has 2 amide bonds. The van der Waals surface area contributed by atoms with Crippen LogP contribution in [0.25, 0.3) is 0 Å². The summed E-state index contributed by atoms with van der Waals surface area (Å²) in [5.74, 6) is 0.497. The Morgan fingerprint density at radius 2 is 1.79 bits per heavy atom. The van der Waals surface area contributed by atoms with Crippen LogP contribution in [0.5, 0.6) is 0 Å². The van der Waals surface area contributed by atoms with Crippen LogP contribution in [-0.4, -0.2) is 66.9 Å². The van der Waals surface area contributed by atoms with Gasteiger partial charge in [-0.3, -0.25) is 14.5 Å². The molecule has 2 atom stereocenters. The van der Waals surface area contributed by atoms with Gasteiger partial charge in [-0.05, 0) is 25.7 Å². The van der Waals surface area contributed by atoms with Crippen molar-refractivity contribution in [3.63, 3.8) is 0 Å². The summed E-state index contributed by atoms with van der Waals surface area (Å²) in [6, 6.07) is 0.695. The number of nitrogens with zero attached hydrogens (tertiary/aromatic N) is 2. The van der Waals surface area contributed by atoms with Gasteiger partial charge in [-0.2, -0.15) is 0 Å². The molecule has 0 bridgehead atoms. The van der Waals surface area contributed by atoms with Gasteiger partial charge in [-0.15, -0.1) is 0 Å². The molecule has 4 fully saturated rings. The molecule has 134 valence electrons. The number of nitrogens with one attached hydrogen (secondary N) is 1. The maximum atomic E-state index is 13.4. The zero-order chi connectivity index (χ0) is 16.7. The Labute approximate surface area is 144 Å². The Bertz CT molecular complexity index is 511. The molecule has 1 saturated carbocycles. The van der Waals surface area contributed by atoms with Crippen molar-refractivity contribution in [2.24, 2.45) is 23.0 Å². The lowest BCUT2D eigenvalue weighted by molar-refractivity contribution is -0.144. The number of primary amides is 1. The van der Waals surface area contributed by atoms with Crippen molar-refractivity contribution in [2.75, 3.05) is 39.3 Å². The largest absolute Gasteiger partial charge is 0.369 e. The normalized spacial score (nSPS) is 35.5. The van der Waals surface area contributed by atoms with Crippen LogP contribution >= 0.6 is 0 Å². The standard InChI is InChI=1S/C18H30N4O2/c19-16(23)13-5-7-21(8-6-13)17(24)18-11-20-9-14(18)10-22(12-18)15-3-1-2-4-15/h13-15,20H,1-12H2,(H2,19,23)/t14-,18-/m1/s1. The molecule has 0 aromatic carbocycles. The zero-order valence-corrected chi connectivity index (χ0v) is 14.5. The van der Waals surface area contributed by atoms with Crippen LogP contribution in [0, 0.1) is 17.3 Å². The molecule has 4 aliphatic rings. The molecule has 6 heteroatoms. The lowest BCUT2D eigenvalue weighted by Crippen LogP contribution is -2.52. The maximum absolute atomic E-state index is 13.4. The smallest absolute Gasteiger partial charge is 0.231 e. The van der Waals surface area contributed by atoms with E-state index in [1.165, 1.54) is 25.7 Å². The number of amides is 2. The van der Waals surface area contributed by atoms with Crippen LogP contribution in [0.1, 0.15) is 38.5 Å². The molecular formula is C18H30N4O2. The molecule has 3 saturated heterocycles. The van der Waals surface area contributed by atoms with E-state index in [0.717, 1.165) is 39.0 Å². The molecule has 3 heterocycles. The van der Waals surface area contributed by atoms with Gasteiger partial charge in [0.25, 0.3) is 0 Å². The number of hydrogen-bond acceptors (Lipinski definition) is 4. The fourth-order valence-corrected chi connectivity index (χ4v) is 5.49.